The standard InChI is InChI=1S/C28H31F6NO3/c1-15(35-20-7-8-21(35)13-18(12-20)26(36)37)17-3-2-16-4-11-24(25(23(16)14-17)28(32,33)34)38-22-9-5-19(6-10-22)27(29,30)31/h2-4,11,14-15,18-22H,5-10,12-13H2,1H3,(H,36,37)/t15-,18?,19-,20?,21?,22+/m0/s1/i1D3. The maximum atomic E-state index is 14.5. The maximum absolute atomic E-state index is 14.5. The van der Waals surface area contributed by atoms with E-state index in [4.69, 9.17) is 8.85 Å². The van der Waals surface area contributed by atoms with Gasteiger partial charge in [-0.05, 0) is 86.7 Å². The monoisotopic (exact) mass is 546 g/mol. The van der Waals surface area contributed by atoms with E-state index in [2.05, 4.69) is 0 Å². The van der Waals surface area contributed by atoms with E-state index in [1.54, 1.807) is 4.90 Å². The number of alkyl halides is 6. The second-order valence-electron chi connectivity index (χ2n) is 10.8. The number of aliphatic carboxylic acids is 1. The summed E-state index contributed by atoms with van der Waals surface area (Å²) in [6.07, 6.45) is -8.81. The zero-order valence-electron chi connectivity index (χ0n) is 23.5. The van der Waals surface area contributed by atoms with E-state index < -0.39 is 60.5 Å². The minimum Gasteiger partial charge on any atom is -0.490 e. The van der Waals surface area contributed by atoms with Crippen LogP contribution in [0.5, 0.6) is 5.75 Å². The molecule has 3 fully saturated rings. The summed E-state index contributed by atoms with van der Waals surface area (Å²) < 4.78 is 113. The lowest BCUT2D eigenvalue weighted by Crippen LogP contribution is -2.45. The zero-order valence-corrected chi connectivity index (χ0v) is 20.5. The number of nitrogens with zero attached hydrogens (tertiary/aromatic N) is 1. The molecule has 10 heteroatoms. The second-order valence-corrected chi connectivity index (χ2v) is 10.8. The molecule has 1 N–H and O–H groups in total. The number of benzene rings is 2. The van der Waals surface area contributed by atoms with Crippen molar-refractivity contribution >= 4 is 16.7 Å². The first-order valence-corrected chi connectivity index (χ1v) is 12.9. The average molecular weight is 547 g/mol. The predicted octanol–water partition coefficient (Wildman–Crippen LogP) is 7.75. The van der Waals surface area contributed by atoms with Gasteiger partial charge in [-0.3, -0.25) is 9.69 Å². The number of hydrogen-bond acceptors (Lipinski definition) is 3. The Morgan fingerprint density at radius 2 is 1.63 bits per heavy atom. The number of carboxylic acid groups (broad SMARTS) is 1. The molecule has 2 heterocycles. The molecule has 0 aromatic heterocycles. The van der Waals surface area contributed by atoms with Crippen LogP contribution in [0, 0.1) is 11.8 Å². The molecule has 0 radical (unpaired) electrons. The molecule has 0 amide bonds. The zero-order chi connectivity index (χ0) is 29.9. The van der Waals surface area contributed by atoms with Crippen molar-refractivity contribution in [3.63, 3.8) is 0 Å². The van der Waals surface area contributed by atoms with Gasteiger partial charge in [-0.15, -0.1) is 0 Å². The van der Waals surface area contributed by atoms with Gasteiger partial charge in [0, 0.05) is 22.2 Å². The van der Waals surface area contributed by atoms with Crippen LogP contribution < -0.4 is 4.74 Å². The fourth-order valence-corrected chi connectivity index (χ4v) is 6.57. The molecule has 3 atom stereocenters. The highest BCUT2D eigenvalue weighted by Crippen LogP contribution is 2.47. The van der Waals surface area contributed by atoms with Crippen molar-refractivity contribution in [1.82, 2.24) is 4.90 Å². The topological polar surface area (TPSA) is 49.8 Å². The van der Waals surface area contributed by atoms with E-state index in [1.165, 1.54) is 30.3 Å². The number of fused-ring (bicyclic) bond motifs is 3. The van der Waals surface area contributed by atoms with E-state index in [-0.39, 0.29) is 66.9 Å². The average Bonchev–Trinajstić information content (AvgIpc) is 3.09. The summed E-state index contributed by atoms with van der Waals surface area (Å²) in [5, 5.41) is 9.49. The molecule has 5 rings (SSSR count). The SMILES string of the molecule is [2H]C([2H])([2H])[C@@H](c1ccc2ccc(O[C@H]3CC[C@@H](C(F)(F)F)CC3)c(C(F)(F)F)c2c1)N1C2CCC1CC(C(=O)O)C2. The number of rotatable bonds is 5. The van der Waals surface area contributed by atoms with E-state index in [1.807, 2.05) is 0 Å². The first-order chi connectivity index (χ1) is 19.0. The molecule has 2 saturated heterocycles. The number of ether oxygens (including phenoxy) is 1. The molecule has 2 aliphatic heterocycles. The quantitative estimate of drug-likeness (QED) is 0.390. The maximum Gasteiger partial charge on any atom is 0.420 e. The summed E-state index contributed by atoms with van der Waals surface area (Å²) in [5.74, 6) is -3.53. The van der Waals surface area contributed by atoms with Gasteiger partial charge in [0.05, 0.1) is 17.9 Å². The van der Waals surface area contributed by atoms with Crippen LogP contribution in [0.4, 0.5) is 26.3 Å². The molecule has 1 saturated carbocycles. The van der Waals surface area contributed by atoms with Crippen molar-refractivity contribution < 1.29 is 45.1 Å². The number of carboxylic acids is 1. The molecular formula is C28H31F6NO3. The highest BCUT2D eigenvalue weighted by atomic mass is 19.4. The Morgan fingerprint density at radius 1 is 1.00 bits per heavy atom. The number of hydrogen-bond donors (Lipinski definition) is 1. The number of halogens is 6. The van der Waals surface area contributed by atoms with Crippen LogP contribution in [0.25, 0.3) is 10.8 Å². The van der Waals surface area contributed by atoms with E-state index in [9.17, 15) is 36.2 Å². The van der Waals surface area contributed by atoms with Crippen LogP contribution in [0.2, 0.25) is 0 Å². The number of piperidine rings is 1. The molecule has 2 aromatic rings. The summed E-state index contributed by atoms with van der Waals surface area (Å²) in [5.41, 5.74) is -0.928. The smallest absolute Gasteiger partial charge is 0.420 e. The highest BCUT2D eigenvalue weighted by Gasteiger charge is 2.46. The van der Waals surface area contributed by atoms with Gasteiger partial charge in [0.25, 0.3) is 0 Å². The van der Waals surface area contributed by atoms with Crippen molar-refractivity contribution in [1.29, 1.82) is 0 Å². The van der Waals surface area contributed by atoms with Crippen LogP contribution in [0.1, 0.15) is 79.5 Å². The van der Waals surface area contributed by atoms with Crippen molar-refractivity contribution in [3.8, 4) is 5.75 Å². The van der Waals surface area contributed by atoms with Gasteiger partial charge in [-0.25, -0.2) is 0 Å². The molecule has 0 spiro atoms. The summed E-state index contributed by atoms with van der Waals surface area (Å²) in [7, 11) is 0. The summed E-state index contributed by atoms with van der Waals surface area (Å²) in [6.45, 7) is -2.60. The molecule has 4 nitrogen and oxygen atoms in total. The van der Waals surface area contributed by atoms with Crippen LogP contribution in [0.15, 0.2) is 30.3 Å². The Bertz CT molecular complexity index is 1280. The normalized spacial score (nSPS) is 30.9. The molecule has 208 valence electrons. The molecule has 2 aromatic carbocycles. The third-order valence-corrected chi connectivity index (χ3v) is 8.47. The van der Waals surface area contributed by atoms with Crippen molar-refractivity contribution in [2.45, 2.75) is 94.8 Å². The van der Waals surface area contributed by atoms with Crippen LogP contribution >= 0.6 is 0 Å². The Kier molecular flexibility index (Phi) is 6.11. The predicted molar refractivity (Wildman–Crippen MR) is 129 cm³/mol. The van der Waals surface area contributed by atoms with Crippen LogP contribution in [0.3, 0.4) is 0 Å². The van der Waals surface area contributed by atoms with Gasteiger partial charge in [0.2, 0.25) is 0 Å². The van der Waals surface area contributed by atoms with Gasteiger partial charge in [-0.1, -0.05) is 18.2 Å². The van der Waals surface area contributed by atoms with E-state index >= 15 is 0 Å². The molecule has 2 bridgehead atoms. The summed E-state index contributed by atoms with van der Waals surface area (Å²) >= 11 is 0. The molecule has 38 heavy (non-hydrogen) atoms. The fourth-order valence-electron chi connectivity index (χ4n) is 6.57. The third kappa shape index (κ3) is 5.20. The van der Waals surface area contributed by atoms with Crippen molar-refractivity contribution in [2.75, 3.05) is 0 Å². The first kappa shape index (κ1) is 23.4. The Morgan fingerprint density at radius 3 is 2.18 bits per heavy atom. The first-order valence-electron chi connectivity index (χ1n) is 14.4. The minimum atomic E-state index is -4.88. The van der Waals surface area contributed by atoms with Crippen LogP contribution in [-0.2, 0) is 11.0 Å². The van der Waals surface area contributed by atoms with Crippen molar-refractivity contribution in [2.24, 2.45) is 11.8 Å². The Labute approximate surface area is 221 Å². The van der Waals surface area contributed by atoms with E-state index in [0.717, 1.165) is 0 Å². The lowest BCUT2D eigenvalue weighted by molar-refractivity contribution is -0.185. The highest BCUT2D eigenvalue weighted by molar-refractivity contribution is 5.89. The van der Waals surface area contributed by atoms with Gasteiger partial charge >= 0.3 is 18.3 Å². The largest absolute Gasteiger partial charge is 0.490 e. The fraction of sp³-hybridized carbons (Fsp3) is 0.607. The lowest BCUT2D eigenvalue weighted by atomic mass is 9.87. The second kappa shape index (κ2) is 9.92. The van der Waals surface area contributed by atoms with Gasteiger partial charge in [-0.2, -0.15) is 26.3 Å². The van der Waals surface area contributed by atoms with Gasteiger partial charge < -0.3 is 9.84 Å². The lowest BCUT2D eigenvalue weighted by Gasteiger charge is -2.41. The molecule has 2 unspecified atom stereocenters. The van der Waals surface area contributed by atoms with Crippen LogP contribution in [-0.4, -0.2) is 40.3 Å². The molecule has 3 aliphatic rings. The summed E-state index contributed by atoms with van der Waals surface area (Å²) in [6, 6.07) is 4.88. The Balaban J connectivity index is 1.51. The van der Waals surface area contributed by atoms with Gasteiger partial charge in [0.15, 0.2) is 0 Å². The minimum absolute atomic E-state index is 0.0320. The van der Waals surface area contributed by atoms with Crippen molar-refractivity contribution in [3.05, 3.63) is 41.5 Å². The third-order valence-electron chi connectivity index (χ3n) is 8.47. The van der Waals surface area contributed by atoms with E-state index in [0.29, 0.717) is 12.8 Å². The summed E-state index contributed by atoms with van der Waals surface area (Å²) in [4.78, 5) is 13.4. The number of carbonyl (C=O) groups is 1. The molecule has 1 aliphatic carbocycles. The Hall–Kier alpha value is -2.49. The molecular weight excluding hydrogens is 512 g/mol. The van der Waals surface area contributed by atoms with Gasteiger partial charge in [0.1, 0.15) is 11.3 Å².